The first kappa shape index (κ1) is 22.5. The summed E-state index contributed by atoms with van der Waals surface area (Å²) in [5.74, 6) is -0.688. The third kappa shape index (κ3) is 5.29. The van der Waals surface area contributed by atoms with Crippen LogP contribution in [0.3, 0.4) is 0 Å². The summed E-state index contributed by atoms with van der Waals surface area (Å²) in [5.41, 5.74) is 0.753. The van der Waals surface area contributed by atoms with Crippen molar-refractivity contribution in [1.82, 2.24) is 4.72 Å². The molecule has 0 aromatic heterocycles. The largest absolute Gasteiger partial charge is 0.467 e. The van der Waals surface area contributed by atoms with Gasteiger partial charge in [0.2, 0.25) is 10.0 Å². The molecule has 0 aliphatic rings. The summed E-state index contributed by atoms with van der Waals surface area (Å²) in [6.45, 7) is 1.88. The van der Waals surface area contributed by atoms with Crippen molar-refractivity contribution in [2.24, 2.45) is 0 Å². The lowest BCUT2D eigenvalue weighted by molar-refractivity contribution is -0.148. The van der Waals surface area contributed by atoms with Gasteiger partial charge in [0, 0.05) is 0 Å². The van der Waals surface area contributed by atoms with Crippen molar-refractivity contribution in [1.29, 1.82) is 0 Å². The van der Waals surface area contributed by atoms with E-state index in [4.69, 9.17) is 4.74 Å². The van der Waals surface area contributed by atoms with Gasteiger partial charge in [-0.1, -0.05) is 90.5 Å². The molecule has 3 aromatic rings. The maximum absolute atomic E-state index is 13.2. The molecule has 6 heteroatoms. The number of hydrogen-bond donors (Lipinski definition) is 1. The lowest BCUT2D eigenvalue weighted by Crippen LogP contribution is -2.52. The van der Waals surface area contributed by atoms with Crippen LogP contribution < -0.4 is 4.72 Å². The molecule has 31 heavy (non-hydrogen) atoms. The molecular weight excluding hydrogens is 410 g/mol. The van der Waals surface area contributed by atoms with Crippen LogP contribution in [0.4, 0.5) is 0 Å². The van der Waals surface area contributed by atoms with Gasteiger partial charge in [-0.25, -0.2) is 13.2 Å². The minimum Gasteiger partial charge on any atom is -0.467 e. The number of rotatable bonds is 8. The first-order valence-corrected chi connectivity index (χ1v) is 11.3. The van der Waals surface area contributed by atoms with Gasteiger partial charge in [-0.05, 0) is 36.6 Å². The van der Waals surface area contributed by atoms with E-state index in [1.165, 1.54) is 19.2 Å². The van der Waals surface area contributed by atoms with E-state index in [2.05, 4.69) is 4.72 Å². The van der Waals surface area contributed by atoms with E-state index < -0.39 is 21.5 Å². The second-order valence-electron chi connectivity index (χ2n) is 7.20. The molecule has 1 N–H and O–H groups in total. The predicted octanol–water partition coefficient (Wildman–Crippen LogP) is 4.45. The lowest BCUT2D eigenvalue weighted by Gasteiger charge is -2.31. The normalized spacial score (nSPS) is 13.6. The van der Waals surface area contributed by atoms with Crippen LogP contribution in [0.5, 0.6) is 0 Å². The van der Waals surface area contributed by atoms with E-state index in [-0.39, 0.29) is 11.3 Å². The van der Waals surface area contributed by atoms with Gasteiger partial charge < -0.3 is 4.74 Å². The van der Waals surface area contributed by atoms with Gasteiger partial charge in [-0.3, -0.25) is 0 Å². The Morgan fingerprint density at radius 3 is 2.10 bits per heavy atom. The fourth-order valence-corrected chi connectivity index (χ4v) is 4.66. The topological polar surface area (TPSA) is 72.5 Å². The van der Waals surface area contributed by atoms with Crippen LogP contribution in [0.25, 0.3) is 6.08 Å². The predicted molar refractivity (Wildman–Crippen MR) is 122 cm³/mol. The number of methoxy groups -OCH3 is 1. The highest BCUT2D eigenvalue weighted by molar-refractivity contribution is 7.89. The Morgan fingerprint density at radius 1 is 0.935 bits per heavy atom. The number of ether oxygens (including phenoxy) is 1. The molecular formula is C25H25NO4S. The molecule has 0 aliphatic carbocycles. The molecule has 160 valence electrons. The van der Waals surface area contributed by atoms with Crippen LogP contribution in [-0.2, 0) is 25.1 Å². The molecule has 0 aliphatic heterocycles. The summed E-state index contributed by atoms with van der Waals surface area (Å²) < 4.78 is 34.2. The summed E-state index contributed by atoms with van der Waals surface area (Å²) >= 11 is 0. The molecule has 0 spiro atoms. The van der Waals surface area contributed by atoms with Crippen LogP contribution in [0.1, 0.15) is 23.1 Å². The van der Waals surface area contributed by atoms with Crippen molar-refractivity contribution in [3.63, 3.8) is 0 Å². The standard InChI is InChI=1S/C25H25NO4S/c1-20-15-17-23(18-16-20)31(28,29)26-25(24(27)30-2,22-13-7-4-8-14-22)19-9-12-21-10-5-3-6-11-21/h3-18,26H,19H2,1-2H3/b12-9+. The quantitative estimate of drug-likeness (QED) is 0.531. The molecule has 3 aromatic carbocycles. The van der Waals surface area contributed by atoms with E-state index in [0.29, 0.717) is 5.56 Å². The smallest absolute Gasteiger partial charge is 0.332 e. The average Bonchev–Trinajstić information content (AvgIpc) is 2.79. The number of benzene rings is 3. The molecule has 0 radical (unpaired) electrons. The zero-order valence-corrected chi connectivity index (χ0v) is 18.3. The van der Waals surface area contributed by atoms with Crippen molar-refractivity contribution in [2.45, 2.75) is 23.8 Å². The van der Waals surface area contributed by atoms with Gasteiger partial charge in [0.15, 0.2) is 5.54 Å². The summed E-state index contributed by atoms with van der Waals surface area (Å²) in [6, 6.07) is 24.8. The van der Waals surface area contributed by atoms with E-state index in [0.717, 1.165) is 11.1 Å². The number of carbonyl (C=O) groups is 1. The molecule has 0 bridgehead atoms. The molecule has 3 rings (SSSR count). The van der Waals surface area contributed by atoms with Gasteiger partial charge in [-0.15, -0.1) is 0 Å². The fraction of sp³-hybridized carbons (Fsp3) is 0.160. The molecule has 0 saturated heterocycles. The molecule has 0 saturated carbocycles. The summed E-state index contributed by atoms with van der Waals surface area (Å²) in [6.07, 6.45) is 3.70. The number of carbonyl (C=O) groups excluding carboxylic acids is 1. The molecule has 0 amide bonds. The van der Waals surface area contributed by atoms with Crippen LogP contribution >= 0.6 is 0 Å². The Labute approximate surface area is 183 Å². The van der Waals surface area contributed by atoms with Crippen molar-refractivity contribution in [3.8, 4) is 0 Å². The Morgan fingerprint density at radius 2 is 1.52 bits per heavy atom. The Kier molecular flexibility index (Phi) is 7.05. The maximum atomic E-state index is 13.2. The zero-order valence-electron chi connectivity index (χ0n) is 17.5. The Bertz CT molecular complexity index is 1140. The van der Waals surface area contributed by atoms with Crippen LogP contribution in [0, 0.1) is 6.92 Å². The molecule has 5 nitrogen and oxygen atoms in total. The lowest BCUT2D eigenvalue weighted by atomic mass is 9.87. The van der Waals surface area contributed by atoms with Gasteiger partial charge in [0.05, 0.1) is 12.0 Å². The van der Waals surface area contributed by atoms with Gasteiger partial charge in [-0.2, -0.15) is 4.72 Å². The number of sulfonamides is 1. The zero-order chi connectivity index (χ0) is 22.3. The number of nitrogens with one attached hydrogen (secondary N) is 1. The maximum Gasteiger partial charge on any atom is 0.332 e. The highest BCUT2D eigenvalue weighted by atomic mass is 32.2. The van der Waals surface area contributed by atoms with E-state index in [1.807, 2.05) is 43.3 Å². The first-order valence-electron chi connectivity index (χ1n) is 9.83. The molecule has 0 heterocycles. The van der Waals surface area contributed by atoms with Gasteiger partial charge in [0.25, 0.3) is 0 Å². The Balaban J connectivity index is 2.06. The van der Waals surface area contributed by atoms with Crippen molar-refractivity contribution in [2.75, 3.05) is 7.11 Å². The minimum atomic E-state index is -4.02. The highest BCUT2D eigenvalue weighted by Gasteiger charge is 2.44. The summed E-state index contributed by atoms with van der Waals surface area (Å²) in [5, 5.41) is 0. The summed E-state index contributed by atoms with van der Waals surface area (Å²) in [7, 11) is -2.77. The molecule has 1 unspecified atom stereocenters. The number of esters is 1. The summed E-state index contributed by atoms with van der Waals surface area (Å²) in [4.78, 5) is 13.1. The number of aryl methyl sites for hydroxylation is 1. The van der Waals surface area contributed by atoms with Crippen LogP contribution in [0.15, 0.2) is 95.9 Å². The van der Waals surface area contributed by atoms with E-state index >= 15 is 0 Å². The van der Waals surface area contributed by atoms with Crippen LogP contribution in [0.2, 0.25) is 0 Å². The Hall–Kier alpha value is -3.22. The van der Waals surface area contributed by atoms with Crippen molar-refractivity contribution >= 4 is 22.1 Å². The van der Waals surface area contributed by atoms with Crippen molar-refractivity contribution in [3.05, 3.63) is 108 Å². The molecule has 0 fully saturated rings. The second-order valence-corrected chi connectivity index (χ2v) is 8.88. The minimum absolute atomic E-state index is 0.0731. The molecule has 1 atom stereocenters. The highest BCUT2D eigenvalue weighted by Crippen LogP contribution is 2.30. The fourth-order valence-electron chi connectivity index (χ4n) is 3.30. The van der Waals surface area contributed by atoms with Gasteiger partial charge in [0.1, 0.15) is 0 Å². The third-order valence-corrected chi connectivity index (χ3v) is 6.48. The third-order valence-electron chi connectivity index (χ3n) is 4.97. The number of hydrogen-bond acceptors (Lipinski definition) is 4. The first-order chi connectivity index (χ1) is 14.9. The van der Waals surface area contributed by atoms with Gasteiger partial charge >= 0.3 is 5.97 Å². The SMILES string of the molecule is COC(=O)C(C/C=C/c1ccccc1)(NS(=O)(=O)c1ccc(C)cc1)c1ccccc1. The van der Waals surface area contributed by atoms with E-state index in [1.54, 1.807) is 48.5 Å². The average molecular weight is 436 g/mol. The monoisotopic (exact) mass is 435 g/mol. The van der Waals surface area contributed by atoms with Crippen LogP contribution in [-0.4, -0.2) is 21.5 Å². The van der Waals surface area contributed by atoms with E-state index in [9.17, 15) is 13.2 Å². The second kappa shape index (κ2) is 9.73. The van der Waals surface area contributed by atoms with Crippen molar-refractivity contribution < 1.29 is 17.9 Å².